The van der Waals surface area contributed by atoms with Crippen molar-refractivity contribution in [1.82, 2.24) is 9.78 Å². The van der Waals surface area contributed by atoms with Crippen LogP contribution >= 0.6 is 0 Å². The van der Waals surface area contributed by atoms with Gasteiger partial charge in [0, 0.05) is 0 Å². The van der Waals surface area contributed by atoms with Crippen molar-refractivity contribution in [3.8, 4) is 11.4 Å². The second-order valence-electron chi connectivity index (χ2n) is 8.01. The van der Waals surface area contributed by atoms with Gasteiger partial charge in [-0.25, -0.2) is 4.68 Å². The van der Waals surface area contributed by atoms with Gasteiger partial charge in [-0.2, -0.15) is 5.10 Å². The van der Waals surface area contributed by atoms with Crippen LogP contribution in [0.3, 0.4) is 0 Å². The molecule has 3 rings (SSSR count). The number of amides is 1. The SMILES string of the molecule is COc1ccc(C(C)(C)C)cc1NC(=O)c1cnn(-c2cccc(C)c2)c1C. The number of anilines is 1. The summed E-state index contributed by atoms with van der Waals surface area (Å²) in [6, 6.07) is 13.9. The number of ether oxygens (including phenoxy) is 1. The molecule has 0 radical (unpaired) electrons. The lowest BCUT2D eigenvalue weighted by Crippen LogP contribution is -2.16. The van der Waals surface area contributed by atoms with Crippen LogP contribution in [0.2, 0.25) is 0 Å². The highest BCUT2D eigenvalue weighted by Crippen LogP contribution is 2.32. The number of aryl methyl sites for hydroxylation is 1. The number of methoxy groups -OCH3 is 1. The number of benzene rings is 2. The Kier molecular flexibility index (Phi) is 5.27. The molecule has 3 aromatic rings. The summed E-state index contributed by atoms with van der Waals surface area (Å²) >= 11 is 0. The zero-order valence-electron chi connectivity index (χ0n) is 17.3. The molecule has 1 aromatic heterocycles. The maximum absolute atomic E-state index is 13.0. The van der Waals surface area contributed by atoms with E-state index >= 15 is 0 Å². The molecule has 0 unspecified atom stereocenters. The Morgan fingerprint density at radius 3 is 2.50 bits per heavy atom. The summed E-state index contributed by atoms with van der Waals surface area (Å²) in [7, 11) is 1.60. The van der Waals surface area contributed by atoms with Gasteiger partial charge < -0.3 is 10.1 Å². The predicted octanol–water partition coefficient (Wildman–Crippen LogP) is 5.05. The Morgan fingerprint density at radius 1 is 1.11 bits per heavy atom. The van der Waals surface area contributed by atoms with Gasteiger partial charge in [-0.05, 0) is 54.7 Å². The second kappa shape index (κ2) is 7.50. The second-order valence-corrected chi connectivity index (χ2v) is 8.01. The molecule has 0 aliphatic heterocycles. The van der Waals surface area contributed by atoms with Gasteiger partial charge in [0.25, 0.3) is 5.91 Å². The first-order valence-electron chi connectivity index (χ1n) is 9.32. The molecule has 0 bridgehead atoms. The first kappa shape index (κ1) is 19.7. The first-order chi connectivity index (χ1) is 13.2. The summed E-state index contributed by atoms with van der Waals surface area (Å²) in [5, 5.41) is 7.40. The van der Waals surface area contributed by atoms with Crippen LogP contribution in [0, 0.1) is 13.8 Å². The molecule has 0 saturated carbocycles. The molecule has 1 N–H and O–H groups in total. The van der Waals surface area contributed by atoms with Crippen LogP contribution in [0.5, 0.6) is 5.75 Å². The largest absolute Gasteiger partial charge is 0.495 e. The van der Waals surface area contributed by atoms with Crippen molar-refractivity contribution in [2.45, 2.75) is 40.0 Å². The van der Waals surface area contributed by atoms with E-state index in [9.17, 15) is 4.79 Å². The molecular weight excluding hydrogens is 350 g/mol. The summed E-state index contributed by atoms with van der Waals surface area (Å²) in [6.07, 6.45) is 1.60. The Labute approximate surface area is 166 Å². The van der Waals surface area contributed by atoms with E-state index in [0.29, 0.717) is 17.0 Å². The monoisotopic (exact) mass is 377 g/mol. The third kappa shape index (κ3) is 3.93. The van der Waals surface area contributed by atoms with E-state index < -0.39 is 0 Å². The summed E-state index contributed by atoms with van der Waals surface area (Å²) in [4.78, 5) is 13.0. The van der Waals surface area contributed by atoms with Gasteiger partial charge in [0.05, 0.1) is 35.9 Å². The van der Waals surface area contributed by atoms with E-state index in [1.54, 1.807) is 18.0 Å². The molecule has 0 aliphatic carbocycles. The van der Waals surface area contributed by atoms with Crippen LogP contribution in [0.15, 0.2) is 48.7 Å². The Balaban J connectivity index is 1.92. The fraction of sp³-hybridized carbons (Fsp3) is 0.304. The summed E-state index contributed by atoms with van der Waals surface area (Å²) in [5.41, 5.74) is 5.14. The molecule has 0 aliphatic rings. The average Bonchev–Trinajstić information content (AvgIpc) is 3.02. The lowest BCUT2D eigenvalue weighted by atomic mass is 9.87. The minimum atomic E-state index is -0.208. The van der Waals surface area contributed by atoms with E-state index in [1.165, 1.54) is 0 Å². The van der Waals surface area contributed by atoms with Gasteiger partial charge in [0.1, 0.15) is 5.75 Å². The van der Waals surface area contributed by atoms with Crippen molar-refractivity contribution < 1.29 is 9.53 Å². The van der Waals surface area contributed by atoms with Crippen molar-refractivity contribution in [2.24, 2.45) is 0 Å². The number of aromatic nitrogens is 2. The number of carbonyl (C=O) groups is 1. The smallest absolute Gasteiger partial charge is 0.259 e. The minimum absolute atomic E-state index is 0.0300. The quantitative estimate of drug-likeness (QED) is 0.692. The molecule has 2 aromatic carbocycles. The molecule has 5 heteroatoms. The highest BCUT2D eigenvalue weighted by Gasteiger charge is 2.20. The Hall–Kier alpha value is -3.08. The Morgan fingerprint density at radius 2 is 1.86 bits per heavy atom. The minimum Gasteiger partial charge on any atom is -0.495 e. The molecule has 146 valence electrons. The molecule has 0 atom stereocenters. The molecule has 0 saturated heterocycles. The molecule has 0 fully saturated rings. The average molecular weight is 377 g/mol. The predicted molar refractivity (Wildman–Crippen MR) is 113 cm³/mol. The normalized spacial score (nSPS) is 11.4. The van der Waals surface area contributed by atoms with Crippen LogP contribution < -0.4 is 10.1 Å². The van der Waals surface area contributed by atoms with Crippen molar-refractivity contribution in [2.75, 3.05) is 12.4 Å². The number of nitrogens with one attached hydrogen (secondary N) is 1. The van der Waals surface area contributed by atoms with Crippen molar-refractivity contribution >= 4 is 11.6 Å². The summed E-state index contributed by atoms with van der Waals surface area (Å²) in [6.45, 7) is 10.3. The third-order valence-electron chi connectivity index (χ3n) is 4.81. The molecule has 1 heterocycles. The van der Waals surface area contributed by atoms with Gasteiger partial charge in [-0.3, -0.25) is 4.79 Å². The third-order valence-corrected chi connectivity index (χ3v) is 4.81. The molecule has 1 amide bonds. The van der Waals surface area contributed by atoms with Crippen LogP contribution in [0.25, 0.3) is 5.69 Å². The summed E-state index contributed by atoms with van der Waals surface area (Å²) < 4.78 is 7.21. The van der Waals surface area contributed by atoms with Gasteiger partial charge in [-0.1, -0.05) is 39.0 Å². The fourth-order valence-corrected chi connectivity index (χ4v) is 3.11. The zero-order chi connectivity index (χ0) is 20.5. The van der Waals surface area contributed by atoms with Gasteiger partial charge in [-0.15, -0.1) is 0 Å². The van der Waals surface area contributed by atoms with Gasteiger partial charge in [0.15, 0.2) is 0 Å². The number of rotatable bonds is 4. The van der Waals surface area contributed by atoms with Crippen LogP contribution in [0.1, 0.15) is 48.0 Å². The van der Waals surface area contributed by atoms with E-state index in [2.05, 4.69) is 31.2 Å². The number of hydrogen-bond donors (Lipinski definition) is 1. The highest BCUT2D eigenvalue weighted by atomic mass is 16.5. The van der Waals surface area contributed by atoms with Gasteiger partial charge in [0.2, 0.25) is 0 Å². The van der Waals surface area contributed by atoms with E-state index in [1.807, 2.05) is 56.3 Å². The lowest BCUT2D eigenvalue weighted by Gasteiger charge is -2.21. The van der Waals surface area contributed by atoms with Crippen LogP contribution in [-0.2, 0) is 5.41 Å². The van der Waals surface area contributed by atoms with E-state index in [4.69, 9.17) is 4.74 Å². The molecule has 0 spiro atoms. The summed E-state index contributed by atoms with van der Waals surface area (Å²) in [5.74, 6) is 0.422. The highest BCUT2D eigenvalue weighted by molar-refractivity contribution is 6.05. The first-order valence-corrected chi connectivity index (χ1v) is 9.32. The fourth-order valence-electron chi connectivity index (χ4n) is 3.11. The maximum Gasteiger partial charge on any atom is 0.259 e. The van der Waals surface area contributed by atoms with E-state index in [0.717, 1.165) is 22.5 Å². The Bertz CT molecular complexity index is 1010. The lowest BCUT2D eigenvalue weighted by molar-refractivity contribution is 0.102. The zero-order valence-corrected chi connectivity index (χ0v) is 17.3. The maximum atomic E-state index is 13.0. The number of hydrogen-bond acceptors (Lipinski definition) is 3. The van der Waals surface area contributed by atoms with Crippen LogP contribution in [0.4, 0.5) is 5.69 Å². The standard InChI is InChI=1S/C23H27N3O2/c1-15-8-7-9-18(12-15)26-16(2)19(14-24-26)22(27)25-20-13-17(23(3,4)5)10-11-21(20)28-6/h7-14H,1-6H3,(H,25,27). The molecule has 28 heavy (non-hydrogen) atoms. The number of nitrogens with zero attached hydrogens (tertiary/aromatic N) is 2. The van der Waals surface area contributed by atoms with Crippen molar-refractivity contribution in [3.05, 3.63) is 71.0 Å². The van der Waals surface area contributed by atoms with Crippen LogP contribution in [-0.4, -0.2) is 22.8 Å². The number of carbonyl (C=O) groups excluding carboxylic acids is 1. The van der Waals surface area contributed by atoms with Crippen molar-refractivity contribution in [3.63, 3.8) is 0 Å². The molecule has 5 nitrogen and oxygen atoms in total. The van der Waals surface area contributed by atoms with Crippen molar-refractivity contribution in [1.29, 1.82) is 0 Å². The molecular formula is C23H27N3O2. The van der Waals surface area contributed by atoms with Gasteiger partial charge >= 0.3 is 0 Å². The van der Waals surface area contributed by atoms with E-state index in [-0.39, 0.29) is 11.3 Å². The topological polar surface area (TPSA) is 56.1 Å².